The molecule has 1 saturated heterocycles. The van der Waals surface area contributed by atoms with Crippen LogP contribution in [0.1, 0.15) is 81.3 Å². The molecule has 2 saturated carbocycles. The third-order valence-corrected chi connectivity index (χ3v) is 7.44. The van der Waals surface area contributed by atoms with Gasteiger partial charge in [0.15, 0.2) is 5.82 Å². The first-order valence-corrected chi connectivity index (χ1v) is 11.8. The van der Waals surface area contributed by atoms with Gasteiger partial charge in [-0.2, -0.15) is 0 Å². The molecule has 0 amide bonds. The highest BCUT2D eigenvalue weighted by Crippen LogP contribution is 2.35. The highest BCUT2D eigenvalue weighted by molar-refractivity contribution is 5.27. The second-order valence-corrected chi connectivity index (χ2v) is 9.21. The number of piperazine rings is 1. The Morgan fingerprint density at radius 3 is 2.23 bits per heavy atom. The molecule has 2 aromatic rings. The van der Waals surface area contributed by atoms with Gasteiger partial charge in [-0.15, -0.1) is 5.10 Å². The molecule has 0 unspecified atom stereocenters. The average Bonchev–Trinajstić information content (AvgIpc) is 3.48. The predicted octanol–water partition coefficient (Wildman–Crippen LogP) is 3.97. The van der Waals surface area contributed by atoms with Crippen molar-refractivity contribution < 1.29 is 4.39 Å². The van der Waals surface area contributed by atoms with Crippen molar-refractivity contribution in [2.24, 2.45) is 0 Å². The lowest BCUT2D eigenvalue weighted by Crippen LogP contribution is -2.52. The molecule has 0 bridgehead atoms. The van der Waals surface area contributed by atoms with Gasteiger partial charge in [-0.1, -0.05) is 50.3 Å². The molecule has 1 atom stereocenters. The van der Waals surface area contributed by atoms with E-state index in [0.717, 1.165) is 50.9 Å². The Balaban J connectivity index is 1.41. The second kappa shape index (κ2) is 9.10. The van der Waals surface area contributed by atoms with Crippen molar-refractivity contribution in [1.29, 1.82) is 0 Å². The Bertz CT molecular complexity index is 819. The van der Waals surface area contributed by atoms with Crippen molar-refractivity contribution in [3.63, 3.8) is 0 Å². The molecular weight excluding hydrogens is 379 g/mol. The summed E-state index contributed by atoms with van der Waals surface area (Å²) in [5.74, 6) is 0.635. The van der Waals surface area contributed by atoms with Gasteiger partial charge >= 0.3 is 0 Å². The van der Waals surface area contributed by atoms with Crippen LogP contribution in [0.15, 0.2) is 24.3 Å². The minimum Gasteiger partial charge on any atom is -0.298 e. The molecule has 7 heteroatoms. The van der Waals surface area contributed by atoms with E-state index in [0.29, 0.717) is 11.6 Å². The van der Waals surface area contributed by atoms with Gasteiger partial charge in [-0.05, 0) is 42.2 Å². The lowest BCUT2D eigenvalue weighted by molar-refractivity contribution is 0.0608. The van der Waals surface area contributed by atoms with Crippen LogP contribution in [-0.2, 0) is 0 Å². The summed E-state index contributed by atoms with van der Waals surface area (Å²) in [7, 11) is 0. The lowest BCUT2D eigenvalue weighted by Gasteiger charge is -2.43. The van der Waals surface area contributed by atoms with E-state index in [1.807, 2.05) is 16.8 Å². The number of tetrazole rings is 1. The van der Waals surface area contributed by atoms with Gasteiger partial charge in [-0.3, -0.25) is 9.80 Å². The molecule has 0 radical (unpaired) electrons. The quantitative estimate of drug-likeness (QED) is 0.744. The first kappa shape index (κ1) is 20.1. The van der Waals surface area contributed by atoms with Crippen LogP contribution in [0.5, 0.6) is 0 Å². The van der Waals surface area contributed by atoms with Gasteiger partial charge in [-0.25, -0.2) is 9.07 Å². The molecule has 5 rings (SSSR count). The molecule has 3 fully saturated rings. The number of aromatic nitrogens is 4. The van der Waals surface area contributed by atoms with Crippen LogP contribution in [0, 0.1) is 5.82 Å². The van der Waals surface area contributed by atoms with E-state index < -0.39 is 0 Å². The Morgan fingerprint density at radius 2 is 1.50 bits per heavy atom. The van der Waals surface area contributed by atoms with Crippen molar-refractivity contribution >= 4 is 0 Å². The largest absolute Gasteiger partial charge is 0.298 e. The first-order chi connectivity index (χ1) is 14.8. The molecule has 1 aromatic heterocycles. The Morgan fingerprint density at radius 1 is 0.833 bits per heavy atom. The summed E-state index contributed by atoms with van der Waals surface area (Å²) in [6.07, 6.45) is 11.4. The summed E-state index contributed by atoms with van der Waals surface area (Å²) in [5, 5.41) is 12.8. The number of halogens is 1. The third kappa shape index (κ3) is 4.02. The zero-order chi connectivity index (χ0) is 20.3. The van der Waals surface area contributed by atoms with E-state index in [-0.39, 0.29) is 11.9 Å². The fraction of sp³-hybridized carbons (Fsp3) is 0.696. The van der Waals surface area contributed by atoms with Gasteiger partial charge in [0.05, 0.1) is 6.04 Å². The van der Waals surface area contributed by atoms with Gasteiger partial charge < -0.3 is 0 Å². The molecule has 162 valence electrons. The number of nitrogens with zero attached hydrogens (tertiary/aromatic N) is 6. The Hall–Kier alpha value is -1.86. The van der Waals surface area contributed by atoms with Crippen molar-refractivity contribution in [2.75, 3.05) is 26.2 Å². The second-order valence-electron chi connectivity index (χ2n) is 9.21. The molecule has 6 nitrogen and oxygen atoms in total. The zero-order valence-electron chi connectivity index (χ0n) is 17.8. The smallest absolute Gasteiger partial charge is 0.173 e. The summed E-state index contributed by atoms with van der Waals surface area (Å²) >= 11 is 0. The van der Waals surface area contributed by atoms with Crippen LogP contribution < -0.4 is 0 Å². The van der Waals surface area contributed by atoms with Crippen LogP contribution >= 0.6 is 0 Å². The van der Waals surface area contributed by atoms with Crippen LogP contribution in [0.2, 0.25) is 0 Å². The molecule has 2 aliphatic carbocycles. The molecule has 30 heavy (non-hydrogen) atoms. The summed E-state index contributed by atoms with van der Waals surface area (Å²) < 4.78 is 16.9. The van der Waals surface area contributed by atoms with Crippen molar-refractivity contribution in [3.05, 3.63) is 41.5 Å². The highest BCUT2D eigenvalue weighted by Gasteiger charge is 2.35. The van der Waals surface area contributed by atoms with E-state index in [4.69, 9.17) is 0 Å². The van der Waals surface area contributed by atoms with Crippen LogP contribution in [0.4, 0.5) is 4.39 Å². The fourth-order valence-corrected chi connectivity index (χ4v) is 5.79. The van der Waals surface area contributed by atoms with Gasteiger partial charge in [0.2, 0.25) is 0 Å². The van der Waals surface area contributed by atoms with Crippen molar-refractivity contribution in [3.8, 4) is 0 Å². The molecular formula is C23H33FN6. The number of rotatable bonds is 5. The van der Waals surface area contributed by atoms with E-state index in [9.17, 15) is 4.39 Å². The maximum absolute atomic E-state index is 14.9. The average molecular weight is 413 g/mol. The number of hydrogen-bond acceptors (Lipinski definition) is 5. The van der Waals surface area contributed by atoms with E-state index in [1.165, 1.54) is 44.9 Å². The normalized spacial score (nSPS) is 23.8. The van der Waals surface area contributed by atoms with Gasteiger partial charge in [0, 0.05) is 37.8 Å². The monoisotopic (exact) mass is 412 g/mol. The molecule has 1 aliphatic heterocycles. The molecule has 2 heterocycles. The van der Waals surface area contributed by atoms with Crippen molar-refractivity contribution in [1.82, 2.24) is 30.0 Å². The SMILES string of the molecule is Fc1ccccc1[C@H](c1nnnn1C1CCCC1)N1CCN(C2CCCCC2)CC1. The third-order valence-electron chi connectivity index (χ3n) is 7.44. The topological polar surface area (TPSA) is 50.1 Å². The molecule has 1 aromatic carbocycles. The minimum atomic E-state index is -0.227. The van der Waals surface area contributed by atoms with Crippen LogP contribution in [-0.4, -0.2) is 62.2 Å². The van der Waals surface area contributed by atoms with Gasteiger partial charge in [0.25, 0.3) is 0 Å². The maximum Gasteiger partial charge on any atom is 0.173 e. The van der Waals surface area contributed by atoms with Crippen LogP contribution in [0.25, 0.3) is 0 Å². The van der Waals surface area contributed by atoms with Gasteiger partial charge in [0.1, 0.15) is 11.9 Å². The summed E-state index contributed by atoms with van der Waals surface area (Å²) in [6.45, 7) is 3.93. The van der Waals surface area contributed by atoms with E-state index in [1.54, 1.807) is 12.1 Å². The zero-order valence-corrected chi connectivity index (χ0v) is 17.8. The predicted molar refractivity (Wildman–Crippen MR) is 114 cm³/mol. The Labute approximate surface area is 178 Å². The highest BCUT2D eigenvalue weighted by atomic mass is 19.1. The minimum absolute atomic E-state index is 0.168. The fourth-order valence-electron chi connectivity index (χ4n) is 5.79. The summed E-state index contributed by atoms with van der Waals surface area (Å²) in [5.41, 5.74) is 0.692. The number of hydrogen-bond donors (Lipinski definition) is 0. The van der Waals surface area contributed by atoms with E-state index in [2.05, 4.69) is 25.3 Å². The van der Waals surface area contributed by atoms with Crippen molar-refractivity contribution in [2.45, 2.75) is 75.9 Å². The first-order valence-electron chi connectivity index (χ1n) is 11.8. The lowest BCUT2D eigenvalue weighted by atomic mass is 9.93. The molecule has 0 spiro atoms. The standard InChI is InChI=1S/C23H33FN6/c24-21-13-7-6-12-20(21)22(23-25-26-27-30(23)19-10-4-5-11-19)29-16-14-28(15-17-29)18-8-2-1-3-9-18/h6-7,12-13,18-19,22H,1-5,8-11,14-17H2/t22-/m1/s1. The molecule has 3 aliphatic rings. The number of benzene rings is 1. The summed E-state index contributed by atoms with van der Waals surface area (Å²) in [4.78, 5) is 5.06. The maximum atomic E-state index is 14.9. The van der Waals surface area contributed by atoms with E-state index >= 15 is 0 Å². The molecule has 0 N–H and O–H groups in total. The van der Waals surface area contributed by atoms with Crippen LogP contribution in [0.3, 0.4) is 0 Å². The summed E-state index contributed by atoms with van der Waals surface area (Å²) in [6, 6.07) is 8.00. The Kier molecular flexibility index (Phi) is 6.09.